The van der Waals surface area contributed by atoms with Gasteiger partial charge in [0, 0.05) is 25.2 Å². The number of allylic oxidation sites excluding steroid dienone is 1. The van der Waals surface area contributed by atoms with Gasteiger partial charge < -0.3 is 9.47 Å². The van der Waals surface area contributed by atoms with Crippen LogP contribution < -0.4 is 9.47 Å². The first kappa shape index (κ1) is 17.5. The molecule has 0 bridgehead atoms. The molecule has 1 aliphatic rings. The van der Waals surface area contributed by atoms with Gasteiger partial charge in [0.2, 0.25) is 0 Å². The monoisotopic (exact) mass is 317 g/mol. The molecule has 23 heavy (non-hydrogen) atoms. The largest absolute Gasteiger partial charge is 0.493 e. The lowest BCUT2D eigenvalue weighted by Crippen LogP contribution is -2.33. The van der Waals surface area contributed by atoms with Gasteiger partial charge in [-0.25, -0.2) is 0 Å². The fourth-order valence-corrected chi connectivity index (χ4v) is 3.00. The van der Waals surface area contributed by atoms with Gasteiger partial charge in [-0.2, -0.15) is 0 Å². The third kappa shape index (κ3) is 4.35. The van der Waals surface area contributed by atoms with E-state index in [1.807, 2.05) is 0 Å². The quantitative estimate of drug-likeness (QED) is 0.755. The Hall–Kier alpha value is -1.81. The first-order chi connectivity index (χ1) is 10.9. The molecule has 0 fully saturated rings. The van der Waals surface area contributed by atoms with Gasteiger partial charge in [0.1, 0.15) is 0 Å². The minimum Gasteiger partial charge on any atom is -0.493 e. The standard InChI is InChI=1S/C19H27NO3/c1-13(2)8-16(14(3)21)11-20-7-6-15-9-18(22-4)19(23-5)10-17(15)12-20/h8-10,13H,6-7,11-12H2,1-5H3/b16-8+. The minimum absolute atomic E-state index is 0.164. The molecule has 0 saturated carbocycles. The molecular formula is C19H27NO3. The summed E-state index contributed by atoms with van der Waals surface area (Å²) in [6, 6.07) is 4.13. The number of benzene rings is 1. The number of hydrogen-bond acceptors (Lipinski definition) is 4. The number of fused-ring (bicyclic) bond motifs is 1. The van der Waals surface area contributed by atoms with E-state index in [4.69, 9.17) is 9.47 Å². The Labute approximate surface area is 139 Å². The van der Waals surface area contributed by atoms with E-state index >= 15 is 0 Å². The Morgan fingerprint density at radius 1 is 1.22 bits per heavy atom. The molecule has 4 nitrogen and oxygen atoms in total. The maximum Gasteiger partial charge on any atom is 0.161 e. The predicted octanol–water partition coefficient (Wildman–Crippen LogP) is 3.23. The van der Waals surface area contributed by atoms with Crippen LogP contribution in [0, 0.1) is 5.92 Å². The van der Waals surface area contributed by atoms with Gasteiger partial charge in [0.15, 0.2) is 17.3 Å². The van der Waals surface area contributed by atoms with Crippen molar-refractivity contribution in [2.45, 2.75) is 33.7 Å². The number of carbonyl (C=O) groups is 1. The number of hydrogen-bond donors (Lipinski definition) is 0. The molecule has 0 spiro atoms. The lowest BCUT2D eigenvalue weighted by Gasteiger charge is -2.30. The Kier molecular flexibility index (Phi) is 5.83. The molecule has 126 valence electrons. The van der Waals surface area contributed by atoms with Crippen molar-refractivity contribution >= 4 is 5.78 Å². The summed E-state index contributed by atoms with van der Waals surface area (Å²) in [5, 5.41) is 0. The molecule has 2 rings (SSSR count). The van der Waals surface area contributed by atoms with Gasteiger partial charge in [-0.3, -0.25) is 9.69 Å². The Morgan fingerprint density at radius 2 is 1.83 bits per heavy atom. The van der Waals surface area contributed by atoms with Gasteiger partial charge >= 0.3 is 0 Å². The third-order valence-corrected chi connectivity index (χ3v) is 4.18. The van der Waals surface area contributed by atoms with E-state index in [0.717, 1.165) is 36.6 Å². The highest BCUT2D eigenvalue weighted by Crippen LogP contribution is 2.33. The van der Waals surface area contributed by atoms with Crippen LogP contribution in [0.3, 0.4) is 0 Å². The number of nitrogens with zero attached hydrogens (tertiary/aromatic N) is 1. The van der Waals surface area contributed by atoms with Gasteiger partial charge in [-0.05, 0) is 42.5 Å². The van der Waals surface area contributed by atoms with Crippen molar-refractivity contribution < 1.29 is 14.3 Å². The van der Waals surface area contributed by atoms with Gasteiger partial charge in [0.05, 0.1) is 14.2 Å². The van der Waals surface area contributed by atoms with Crippen LogP contribution >= 0.6 is 0 Å². The first-order valence-corrected chi connectivity index (χ1v) is 8.12. The topological polar surface area (TPSA) is 38.8 Å². The average Bonchev–Trinajstić information content (AvgIpc) is 2.52. The van der Waals surface area contributed by atoms with Crippen molar-refractivity contribution in [2.24, 2.45) is 5.92 Å². The molecule has 1 aromatic rings. The summed E-state index contributed by atoms with van der Waals surface area (Å²) in [6.07, 6.45) is 3.04. The van der Waals surface area contributed by atoms with Crippen LogP contribution in [0.1, 0.15) is 31.9 Å². The van der Waals surface area contributed by atoms with E-state index in [-0.39, 0.29) is 5.78 Å². The first-order valence-electron chi connectivity index (χ1n) is 8.12. The summed E-state index contributed by atoms with van der Waals surface area (Å²) >= 11 is 0. The molecule has 0 unspecified atom stereocenters. The second-order valence-corrected chi connectivity index (χ2v) is 6.43. The smallest absolute Gasteiger partial charge is 0.161 e. The maximum absolute atomic E-state index is 11.9. The van der Waals surface area contributed by atoms with Crippen LogP contribution in [0.15, 0.2) is 23.8 Å². The SMILES string of the molecule is COc1cc2c(cc1OC)CN(C/C(=C\C(C)C)C(C)=O)CC2. The second-order valence-electron chi connectivity index (χ2n) is 6.43. The van der Waals surface area contributed by atoms with Gasteiger partial charge in [-0.1, -0.05) is 19.9 Å². The van der Waals surface area contributed by atoms with Crippen molar-refractivity contribution in [3.05, 3.63) is 34.9 Å². The normalized spacial score (nSPS) is 15.5. The molecule has 4 heteroatoms. The van der Waals surface area contributed by atoms with Crippen molar-refractivity contribution in [1.82, 2.24) is 4.90 Å². The Morgan fingerprint density at radius 3 is 2.35 bits per heavy atom. The lowest BCUT2D eigenvalue weighted by molar-refractivity contribution is -0.113. The van der Waals surface area contributed by atoms with Crippen molar-refractivity contribution in [3.8, 4) is 11.5 Å². The Balaban J connectivity index is 2.18. The molecule has 0 aromatic heterocycles. The summed E-state index contributed by atoms with van der Waals surface area (Å²) in [5.74, 6) is 2.09. The fraction of sp³-hybridized carbons (Fsp3) is 0.526. The predicted molar refractivity (Wildman–Crippen MR) is 92.1 cm³/mol. The van der Waals surface area contributed by atoms with Crippen LogP contribution in [-0.4, -0.2) is 38.0 Å². The summed E-state index contributed by atoms with van der Waals surface area (Å²) in [6.45, 7) is 8.35. The zero-order valence-electron chi connectivity index (χ0n) is 14.8. The number of ketones is 1. The number of Topliss-reactive ketones (excluding diaryl/α,β-unsaturated/α-hetero) is 1. The summed E-state index contributed by atoms with van der Waals surface area (Å²) < 4.78 is 10.8. The van der Waals surface area contributed by atoms with E-state index in [2.05, 4.69) is 37.0 Å². The zero-order chi connectivity index (χ0) is 17.0. The van der Waals surface area contributed by atoms with Crippen molar-refractivity contribution in [2.75, 3.05) is 27.3 Å². The highest BCUT2D eigenvalue weighted by Gasteiger charge is 2.21. The number of ether oxygens (including phenoxy) is 2. The van der Waals surface area contributed by atoms with Crippen LogP contribution in [0.5, 0.6) is 11.5 Å². The molecule has 1 aliphatic heterocycles. The number of rotatable bonds is 6. The molecule has 0 N–H and O–H groups in total. The van der Waals surface area contributed by atoms with Crippen LogP contribution in [0.4, 0.5) is 0 Å². The summed E-state index contributed by atoms with van der Waals surface area (Å²) in [4.78, 5) is 14.2. The zero-order valence-corrected chi connectivity index (χ0v) is 14.8. The third-order valence-electron chi connectivity index (χ3n) is 4.18. The summed E-state index contributed by atoms with van der Waals surface area (Å²) in [7, 11) is 3.32. The van der Waals surface area contributed by atoms with Crippen molar-refractivity contribution in [3.63, 3.8) is 0 Å². The highest BCUT2D eigenvalue weighted by atomic mass is 16.5. The Bertz CT molecular complexity index is 605. The molecule has 0 atom stereocenters. The van der Waals surface area contributed by atoms with E-state index in [9.17, 15) is 4.79 Å². The lowest BCUT2D eigenvalue weighted by atomic mass is 9.97. The second kappa shape index (κ2) is 7.64. The minimum atomic E-state index is 0.164. The van der Waals surface area contributed by atoms with E-state index < -0.39 is 0 Å². The average molecular weight is 317 g/mol. The molecule has 0 aliphatic carbocycles. The number of carbonyl (C=O) groups excluding carboxylic acids is 1. The maximum atomic E-state index is 11.9. The van der Waals surface area contributed by atoms with Crippen LogP contribution in [0.25, 0.3) is 0 Å². The molecule has 0 saturated heterocycles. The van der Waals surface area contributed by atoms with Crippen molar-refractivity contribution in [1.29, 1.82) is 0 Å². The molecular weight excluding hydrogens is 290 g/mol. The highest BCUT2D eigenvalue weighted by molar-refractivity contribution is 5.93. The fourth-order valence-electron chi connectivity index (χ4n) is 3.00. The molecule has 1 aromatic carbocycles. The van der Waals surface area contributed by atoms with Crippen LogP contribution in [-0.2, 0) is 17.8 Å². The van der Waals surface area contributed by atoms with E-state index in [1.165, 1.54) is 11.1 Å². The van der Waals surface area contributed by atoms with Gasteiger partial charge in [0.25, 0.3) is 0 Å². The molecule has 0 radical (unpaired) electrons. The van der Waals surface area contributed by atoms with E-state index in [0.29, 0.717) is 12.5 Å². The molecule has 1 heterocycles. The van der Waals surface area contributed by atoms with E-state index in [1.54, 1.807) is 21.1 Å². The summed E-state index contributed by atoms with van der Waals surface area (Å²) in [5.41, 5.74) is 3.46. The van der Waals surface area contributed by atoms with Gasteiger partial charge in [-0.15, -0.1) is 0 Å². The van der Waals surface area contributed by atoms with Crippen LogP contribution in [0.2, 0.25) is 0 Å². The molecule has 0 amide bonds. The number of methoxy groups -OCH3 is 2.